The molecule has 68 valence electrons. The van der Waals surface area contributed by atoms with E-state index in [4.69, 9.17) is 17.3 Å². The molecule has 0 unspecified atom stereocenters. The van der Waals surface area contributed by atoms with Crippen LogP contribution in [-0.4, -0.2) is 0 Å². The van der Waals surface area contributed by atoms with Crippen molar-refractivity contribution in [1.82, 2.24) is 0 Å². The molecule has 1 nitrogen and oxygen atoms in total. The van der Waals surface area contributed by atoms with Gasteiger partial charge < -0.3 is 5.73 Å². The van der Waals surface area contributed by atoms with E-state index in [2.05, 4.69) is 18.8 Å². The van der Waals surface area contributed by atoms with Crippen molar-refractivity contribution in [3.63, 3.8) is 0 Å². The van der Waals surface area contributed by atoms with Gasteiger partial charge in [0.05, 0.1) is 0 Å². The van der Waals surface area contributed by atoms with Crippen LogP contribution in [0.15, 0.2) is 18.2 Å². The molecule has 0 heterocycles. The molecule has 0 radical (unpaired) electrons. The number of unbranched alkanes of at least 4 members (excludes halogenated alkanes) is 1. The summed E-state index contributed by atoms with van der Waals surface area (Å²) in [5.41, 5.74) is 7.22. The lowest BCUT2D eigenvalue weighted by Crippen LogP contribution is -1.89. The van der Waals surface area contributed by atoms with Crippen molar-refractivity contribution < 1.29 is 0 Å². The van der Waals surface area contributed by atoms with E-state index in [-0.39, 0.29) is 0 Å². The van der Waals surface area contributed by atoms with Gasteiger partial charge in [0.25, 0.3) is 0 Å². The highest BCUT2D eigenvalue weighted by Crippen LogP contribution is 2.16. The number of nitrogen functional groups attached to an aromatic ring is 1. The lowest BCUT2D eigenvalue weighted by Gasteiger charge is -1.97. The van der Waals surface area contributed by atoms with Crippen molar-refractivity contribution >= 4 is 17.3 Å². The van der Waals surface area contributed by atoms with Gasteiger partial charge in [0.1, 0.15) is 0 Å². The number of halogens is 1. The molecule has 0 aromatic heterocycles. The zero-order chi connectivity index (χ0) is 9.68. The van der Waals surface area contributed by atoms with Gasteiger partial charge in [0.15, 0.2) is 0 Å². The highest BCUT2D eigenvalue weighted by molar-refractivity contribution is 6.30. The van der Waals surface area contributed by atoms with E-state index in [1.165, 1.54) is 0 Å². The highest BCUT2D eigenvalue weighted by Gasteiger charge is 1.94. The fraction of sp³-hybridized carbons (Fsp3) is 0.273. The molecule has 0 bridgehead atoms. The normalized spacial score (nSPS) is 9.08. The Morgan fingerprint density at radius 3 is 2.85 bits per heavy atom. The van der Waals surface area contributed by atoms with Gasteiger partial charge in [-0.3, -0.25) is 0 Å². The van der Waals surface area contributed by atoms with E-state index in [1.54, 1.807) is 12.1 Å². The summed E-state index contributed by atoms with van der Waals surface area (Å²) in [6.07, 6.45) is 1.97. The molecule has 0 fully saturated rings. The average molecular weight is 194 g/mol. The molecule has 0 aliphatic carbocycles. The highest BCUT2D eigenvalue weighted by atomic mass is 35.5. The number of hydrogen-bond acceptors (Lipinski definition) is 1. The van der Waals surface area contributed by atoms with E-state index < -0.39 is 0 Å². The zero-order valence-corrected chi connectivity index (χ0v) is 8.36. The van der Waals surface area contributed by atoms with E-state index in [0.29, 0.717) is 10.7 Å². The fourth-order valence-electron chi connectivity index (χ4n) is 0.930. The molecule has 2 N–H and O–H groups in total. The van der Waals surface area contributed by atoms with Gasteiger partial charge in [-0.1, -0.05) is 30.4 Å². The maximum atomic E-state index is 5.75. The predicted molar refractivity (Wildman–Crippen MR) is 57.7 cm³/mol. The second kappa shape index (κ2) is 4.79. The smallest absolute Gasteiger partial charge is 0.0488 e. The molecule has 1 aromatic rings. The summed E-state index contributed by atoms with van der Waals surface area (Å²) in [4.78, 5) is 0. The predicted octanol–water partition coefficient (Wildman–Crippen LogP) is 3.07. The number of nitrogens with two attached hydrogens (primary N) is 1. The summed E-state index contributed by atoms with van der Waals surface area (Å²) in [6.45, 7) is 2.10. The Hall–Kier alpha value is -1.13. The van der Waals surface area contributed by atoms with Crippen molar-refractivity contribution in [3.05, 3.63) is 28.8 Å². The van der Waals surface area contributed by atoms with Crippen molar-refractivity contribution in [2.75, 3.05) is 5.73 Å². The largest absolute Gasteiger partial charge is 0.398 e. The van der Waals surface area contributed by atoms with Crippen LogP contribution < -0.4 is 5.73 Å². The van der Waals surface area contributed by atoms with E-state index >= 15 is 0 Å². The topological polar surface area (TPSA) is 26.0 Å². The lowest BCUT2D eigenvalue weighted by atomic mass is 10.2. The summed E-state index contributed by atoms with van der Waals surface area (Å²) in [5, 5.41) is 0.651. The molecular weight excluding hydrogens is 182 g/mol. The Morgan fingerprint density at radius 2 is 2.23 bits per heavy atom. The number of anilines is 1. The minimum atomic E-state index is 0.649. The Morgan fingerprint density at radius 1 is 1.46 bits per heavy atom. The van der Waals surface area contributed by atoms with Crippen LogP contribution in [0.1, 0.15) is 25.3 Å². The van der Waals surface area contributed by atoms with Gasteiger partial charge in [0, 0.05) is 22.7 Å². The molecule has 0 saturated carbocycles. The van der Waals surface area contributed by atoms with Crippen molar-refractivity contribution in [2.45, 2.75) is 19.8 Å². The van der Waals surface area contributed by atoms with E-state index in [1.807, 2.05) is 6.07 Å². The van der Waals surface area contributed by atoms with Gasteiger partial charge in [-0.15, -0.1) is 0 Å². The van der Waals surface area contributed by atoms with Crippen molar-refractivity contribution in [3.8, 4) is 11.8 Å². The van der Waals surface area contributed by atoms with E-state index in [0.717, 1.165) is 18.4 Å². The lowest BCUT2D eigenvalue weighted by molar-refractivity contribution is 0.983. The molecule has 1 rings (SSSR count). The first-order valence-corrected chi connectivity index (χ1v) is 4.65. The van der Waals surface area contributed by atoms with Crippen LogP contribution in [0.5, 0.6) is 0 Å². The van der Waals surface area contributed by atoms with Gasteiger partial charge in [-0.25, -0.2) is 0 Å². The Bertz CT molecular complexity index is 347. The standard InChI is InChI=1S/C11H12ClN/c1-2-3-4-5-9-6-7-10(12)8-11(9)13/h6-8H,2-3,13H2,1H3. The first-order valence-electron chi connectivity index (χ1n) is 4.28. The monoisotopic (exact) mass is 193 g/mol. The third-order valence-corrected chi connectivity index (χ3v) is 1.85. The summed E-state index contributed by atoms with van der Waals surface area (Å²) >= 11 is 5.75. The molecule has 2 heteroatoms. The minimum absolute atomic E-state index is 0.649. The van der Waals surface area contributed by atoms with Crippen LogP contribution in [0.4, 0.5) is 5.69 Å². The Labute approximate surface area is 83.9 Å². The summed E-state index contributed by atoms with van der Waals surface area (Å²) in [6, 6.07) is 5.37. The molecular formula is C11H12ClN. The van der Waals surface area contributed by atoms with Crippen molar-refractivity contribution in [2.24, 2.45) is 0 Å². The minimum Gasteiger partial charge on any atom is -0.398 e. The molecule has 0 aliphatic rings. The zero-order valence-electron chi connectivity index (χ0n) is 7.60. The quantitative estimate of drug-likeness (QED) is 0.539. The Kier molecular flexibility index (Phi) is 3.67. The fourth-order valence-corrected chi connectivity index (χ4v) is 1.11. The molecule has 0 atom stereocenters. The van der Waals surface area contributed by atoms with Crippen LogP contribution in [0, 0.1) is 11.8 Å². The van der Waals surface area contributed by atoms with Gasteiger partial charge in [0.2, 0.25) is 0 Å². The van der Waals surface area contributed by atoms with Gasteiger partial charge in [-0.05, 0) is 24.6 Å². The number of hydrogen-bond donors (Lipinski definition) is 1. The third kappa shape index (κ3) is 3.01. The third-order valence-electron chi connectivity index (χ3n) is 1.61. The number of benzene rings is 1. The summed E-state index contributed by atoms with van der Waals surface area (Å²) < 4.78 is 0. The first-order chi connectivity index (χ1) is 6.24. The molecule has 0 spiro atoms. The Balaban J connectivity index is 2.85. The maximum absolute atomic E-state index is 5.75. The second-order valence-corrected chi connectivity index (χ2v) is 3.22. The first kappa shape index (κ1) is 9.95. The molecule has 13 heavy (non-hydrogen) atoms. The van der Waals surface area contributed by atoms with Crippen LogP contribution in [0.25, 0.3) is 0 Å². The van der Waals surface area contributed by atoms with Gasteiger partial charge in [-0.2, -0.15) is 0 Å². The SMILES string of the molecule is CCCC#Cc1ccc(Cl)cc1N. The van der Waals surface area contributed by atoms with Crippen molar-refractivity contribution in [1.29, 1.82) is 0 Å². The molecule has 1 aromatic carbocycles. The van der Waals surface area contributed by atoms with Crippen LogP contribution in [0.3, 0.4) is 0 Å². The van der Waals surface area contributed by atoms with Gasteiger partial charge >= 0.3 is 0 Å². The average Bonchev–Trinajstić information content (AvgIpc) is 2.09. The van der Waals surface area contributed by atoms with Crippen LogP contribution in [-0.2, 0) is 0 Å². The molecule has 0 saturated heterocycles. The van der Waals surface area contributed by atoms with E-state index in [9.17, 15) is 0 Å². The molecule has 0 aliphatic heterocycles. The van der Waals surface area contributed by atoms with Crippen LogP contribution in [0.2, 0.25) is 5.02 Å². The summed E-state index contributed by atoms with van der Waals surface area (Å²) in [5.74, 6) is 6.05. The van der Waals surface area contributed by atoms with Crippen LogP contribution >= 0.6 is 11.6 Å². The summed E-state index contributed by atoms with van der Waals surface area (Å²) in [7, 11) is 0. The molecule has 0 amide bonds. The second-order valence-electron chi connectivity index (χ2n) is 2.78. The maximum Gasteiger partial charge on any atom is 0.0488 e. The number of rotatable bonds is 1.